The number of aliphatic hydroxyl groups is 1. The summed E-state index contributed by atoms with van der Waals surface area (Å²) in [4.78, 5) is 11.0. The van der Waals surface area contributed by atoms with Gasteiger partial charge in [-0.05, 0) is 19.9 Å². The number of hydrogen-bond donors (Lipinski definition) is 3. The topological polar surface area (TPSA) is 61.4 Å². The minimum atomic E-state index is -0.902. The molecule has 0 spiro atoms. The Morgan fingerprint density at radius 3 is 2.82 bits per heavy atom. The third-order valence-electron chi connectivity index (χ3n) is 1.62. The van der Waals surface area contributed by atoms with Gasteiger partial charge in [-0.1, -0.05) is 0 Å². The van der Waals surface area contributed by atoms with Crippen molar-refractivity contribution in [1.82, 2.24) is 10.6 Å². The Morgan fingerprint density at radius 2 is 2.36 bits per heavy atom. The number of hydrogen-bond acceptors (Lipinski definition) is 3. The van der Waals surface area contributed by atoms with Crippen molar-refractivity contribution < 1.29 is 9.90 Å². The van der Waals surface area contributed by atoms with Crippen LogP contribution in [0.4, 0.5) is 0 Å². The Hall–Kier alpha value is -0.610. The fourth-order valence-electron chi connectivity index (χ4n) is 0.811. The van der Waals surface area contributed by atoms with E-state index in [0.717, 1.165) is 12.8 Å². The van der Waals surface area contributed by atoms with Crippen molar-refractivity contribution in [3.63, 3.8) is 0 Å². The molecule has 3 N–H and O–H groups in total. The quantitative estimate of drug-likeness (QED) is 0.484. The molecule has 0 unspecified atom stereocenters. The van der Waals surface area contributed by atoms with Crippen LogP contribution in [0.25, 0.3) is 0 Å². The Bertz CT molecular complexity index is 145. The van der Waals surface area contributed by atoms with Crippen molar-refractivity contribution in [2.24, 2.45) is 0 Å². The number of nitrogens with one attached hydrogen (secondary N) is 2. The third-order valence-corrected chi connectivity index (χ3v) is 1.62. The molecule has 1 saturated carbocycles. The van der Waals surface area contributed by atoms with E-state index in [2.05, 4.69) is 10.6 Å². The molecule has 0 radical (unpaired) electrons. The summed E-state index contributed by atoms with van der Waals surface area (Å²) in [6.45, 7) is 0.318. The average Bonchev–Trinajstić information content (AvgIpc) is 2.72. The average molecular weight is 158 g/mol. The Morgan fingerprint density at radius 1 is 1.73 bits per heavy atom. The lowest BCUT2D eigenvalue weighted by Crippen LogP contribution is -2.41. The molecule has 1 aliphatic carbocycles. The highest BCUT2D eigenvalue weighted by atomic mass is 16.3. The van der Waals surface area contributed by atoms with Crippen LogP contribution >= 0.6 is 0 Å². The molecule has 4 heteroatoms. The molecule has 0 heterocycles. The van der Waals surface area contributed by atoms with Crippen LogP contribution in [0.1, 0.15) is 12.8 Å². The molecule has 1 aliphatic rings. The molecule has 0 aromatic carbocycles. The van der Waals surface area contributed by atoms with Crippen LogP contribution in [-0.2, 0) is 4.79 Å². The SMILES string of the molecule is CNC[C@H](O)C(=O)NC1CC1. The maximum Gasteiger partial charge on any atom is 0.250 e. The van der Waals surface area contributed by atoms with Crippen molar-refractivity contribution in [2.45, 2.75) is 25.0 Å². The Balaban J connectivity index is 2.15. The molecule has 1 amide bonds. The van der Waals surface area contributed by atoms with E-state index in [1.165, 1.54) is 0 Å². The second-order valence-corrected chi connectivity index (χ2v) is 2.86. The summed E-state index contributed by atoms with van der Waals surface area (Å²) in [5, 5.41) is 14.6. The summed E-state index contributed by atoms with van der Waals surface area (Å²) in [5.41, 5.74) is 0. The van der Waals surface area contributed by atoms with E-state index in [1.807, 2.05) is 0 Å². The molecule has 0 aromatic rings. The standard InChI is InChI=1S/C7H14N2O2/c1-8-4-6(10)7(11)9-5-2-3-5/h5-6,8,10H,2-4H2,1H3,(H,9,11)/t6-/m0/s1. The highest BCUT2D eigenvalue weighted by Crippen LogP contribution is 2.18. The highest BCUT2D eigenvalue weighted by molar-refractivity contribution is 5.81. The van der Waals surface area contributed by atoms with E-state index in [0.29, 0.717) is 12.6 Å². The van der Waals surface area contributed by atoms with Gasteiger partial charge >= 0.3 is 0 Å². The summed E-state index contributed by atoms with van der Waals surface area (Å²) in [5.74, 6) is -0.262. The van der Waals surface area contributed by atoms with E-state index in [4.69, 9.17) is 5.11 Å². The first kappa shape index (κ1) is 8.49. The van der Waals surface area contributed by atoms with Crippen LogP contribution in [-0.4, -0.2) is 36.8 Å². The van der Waals surface area contributed by atoms with E-state index < -0.39 is 6.10 Å². The number of amides is 1. The minimum Gasteiger partial charge on any atom is -0.382 e. The normalized spacial score (nSPS) is 19.5. The molecule has 64 valence electrons. The van der Waals surface area contributed by atoms with Gasteiger partial charge in [0.15, 0.2) is 0 Å². The zero-order valence-electron chi connectivity index (χ0n) is 6.63. The zero-order chi connectivity index (χ0) is 8.27. The van der Waals surface area contributed by atoms with E-state index >= 15 is 0 Å². The van der Waals surface area contributed by atoms with Gasteiger partial charge in [0.2, 0.25) is 5.91 Å². The third kappa shape index (κ3) is 2.86. The summed E-state index contributed by atoms with van der Waals surface area (Å²) in [6.07, 6.45) is 1.20. The monoisotopic (exact) mass is 158 g/mol. The lowest BCUT2D eigenvalue weighted by atomic mass is 10.3. The van der Waals surface area contributed by atoms with Crippen LogP contribution < -0.4 is 10.6 Å². The zero-order valence-corrected chi connectivity index (χ0v) is 6.63. The van der Waals surface area contributed by atoms with Gasteiger partial charge in [-0.3, -0.25) is 4.79 Å². The molecule has 1 fully saturated rings. The Labute approximate surface area is 66.0 Å². The number of aliphatic hydroxyl groups excluding tert-OH is 1. The van der Waals surface area contributed by atoms with Gasteiger partial charge in [-0.15, -0.1) is 0 Å². The van der Waals surface area contributed by atoms with Crippen LogP contribution in [0.3, 0.4) is 0 Å². The number of carbonyl (C=O) groups is 1. The molecule has 1 rings (SSSR count). The van der Waals surface area contributed by atoms with Crippen molar-refractivity contribution in [3.05, 3.63) is 0 Å². The maximum absolute atomic E-state index is 11.0. The second kappa shape index (κ2) is 3.69. The summed E-state index contributed by atoms with van der Waals surface area (Å²) >= 11 is 0. The molecular formula is C7H14N2O2. The molecule has 0 bridgehead atoms. The summed E-state index contributed by atoms with van der Waals surface area (Å²) in [7, 11) is 1.70. The number of likely N-dealkylation sites (N-methyl/N-ethyl adjacent to an activating group) is 1. The maximum atomic E-state index is 11.0. The first-order valence-corrected chi connectivity index (χ1v) is 3.87. The molecule has 0 aliphatic heterocycles. The number of rotatable bonds is 4. The van der Waals surface area contributed by atoms with Gasteiger partial charge in [0.25, 0.3) is 0 Å². The van der Waals surface area contributed by atoms with Gasteiger partial charge in [-0.25, -0.2) is 0 Å². The first-order valence-electron chi connectivity index (χ1n) is 3.87. The molecular weight excluding hydrogens is 144 g/mol. The van der Waals surface area contributed by atoms with E-state index in [1.54, 1.807) is 7.05 Å². The molecule has 0 aromatic heterocycles. The Kier molecular flexibility index (Phi) is 2.84. The van der Waals surface area contributed by atoms with E-state index in [9.17, 15) is 4.79 Å². The van der Waals surface area contributed by atoms with Gasteiger partial charge < -0.3 is 15.7 Å². The second-order valence-electron chi connectivity index (χ2n) is 2.86. The van der Waals surface area contributed by atoms with Crippen molar-refractivity contribution in [2.75, 3.05) is 13.6 Å². The fraction of sp³-hybridized carbons (Fsp3) is 0.857. The lowest BCUT2D eigenvalue weighted by molar-refractivity contribution is -0.129. The van der Waals surface area contributed by atoms with Gasteiger partial charge in [0.1, 0.15) is 6.10 Å². The smallest absolute Gasteiger partial charge is 0.250 e. The predicted molar refractivity (Wildman–Crippen MR) is 41.1 cm³/mol. The van der Waals surface area contributed by atoms with Crippen LogP contribution in [0.15, 0.2) is 0 Å². The number of carbonyl (C=O) groups excluding carboxylic acids is 1. The molecule has 1 atom stereocenters. The van der Waals surface area contributed by atoms with Crippen LogP contribution in [0, 0.1) is 0 Å². The van der Waals surface area contributed by atoms with Gasteiger partial charge in [0, 0.05) is 12.6 Å². The predicted octanol–water partition coefficient (Wildman–Crippen LogP) is -1.15. The van der Waals surface area contributed by atoms with Gasteiger partial charge in [-0.2, -0.15) is 0 Å². The van der Waals surface area contributed by atoms with E-state index in [-0.39, 0.29) is 5.91 Å². The van der Waals surface area contributed by atoms with Crippen molar-refractivity contribution in [1.29, 1.82) is 0 Å². The van der Waals surface area contributed by atoms with Crippen molar-refractivity contribution in [3.8, 4) is 0 Å². The van der Waals surface area contributed by atoms with Gasteiger partial charge in [0.05, 0.1) is 0 Å². The molecule has 11 heavy (non-hydrogen) atoms. The van der Waals surface area contributed by atoms with Crippen LogP contribution in [0.2, 0.25) is 0 Å². The fourth-order valence-corrected chi connectivity index (χ4v) is 0.811. The summed E-state index contributed by atoms with van der Waals surface area (Å²) < 4.78 is 0. The van der Waals surface area contributed by atoms with Crippen LogP contribution in [0.5, 0.6) is 0 Å². The first-order chi connectivity index (χ1) is 5.24. The summed E-state index contributed by atoms with van der Waals surface area (Å²) in [6, 6.07) is 0.328. The largest absolute Gasteiger partial charge is 0.382 e. The lowest BCUT2D eigenvalue weighted by Gasteiger charge is -2.09. The highest BCUT2D eigenvalue weighted by Gasteiger charge is 2.25. The molecule has 0 saturated heterocycles. The molecule has 4 nitrogen and oxygen atoms in total. The van der Waals surface area contributed by atoms with Crippen molar-refractivity contribution >= 4 is 5.91 Å². The minimum absolute atomic E-state index is 0.262.